The molecule has 2 N–H and O–H groups in total. The first-order chi connectivity index (χ1) is 10.5. The van der Waals surface area contributed by atoms with Crippen molar-refractivity contribution in [3.8, 4) is 0 Å². The van der Waals surface area contributed by atoms with Gasteiger partial charge < -0.3 is 10.6 Å². The molecule has 0 saturated carbocycles. The molecule has 0 aromatic heterocycles. The van der Waals surface area contributed by atoms with E-state index in [0.717, 1.165) is 12.0 Å². The van der Waals surface area contributed by atoms with E-state index >= 15 is 0 Å². The molecule has 1 saturated heterocycles. The minimum absolute atomic E-state index is 0.0430. The highest BCUT2D eigenvalue weighted by Gasteiger charge is 2.30. The second-order valence-corrected chi connectivity index (χ2v) is 5.72. The number of hydrogen-bond donors (Lipinski definition) is 1. The fraction of sp³-hybridized carbons (Fsp3) is 0.500. The van der Waals surface area contributed by atoms with E-state index in [1.165, 1.54) is 12.1 Å². The van der Waals surface area contributed by atoms with Crippen LogP contribution >= 0.6 is 0 Å². The molecule has 1 aliphatic rings. The predicted molar refractivity (Wildman–Crippen MR) is 81.5 cm³/mol. The van der Waals surface area contributed by atoms with Gasteiger partial charge in [0.05, 0.1) is 0 Å². The van der Waals surface area contributed by atoms with Gasteiger partial charge in [-0.25, -0.2) is 4.39 Å². The number of nitrogens with zero attached hydrogens (tertiary/aromatic N) is 2. The van der Waals surface area contributed by atoms with Crippen LogP contribution in [0.4, 0.5) is 4.39 Å². The van der Waals surface area contributed by atoms with Gasteiger partial charge in [-0.05, 0) is 37.6 Å². The topological polar surface area (TPSA) is 66.6 Å². The highest BCUT2D eigenvalue weighted by atomic mass is 19.1. The van der Waals surface area contributed by atoms with Gasteiger partial charge in [0.25, 0.3) is 0 Å². The largest absolute Gasteiger partial charge is 0.368 e. The maximum atomic E-state index is 12.8. The number of halogens is 1. The van der Waals surface area contributed by atoms with Crippen LogP contribution < -0.4 is 5.73 Å². The Kier molecular flexibility index (Phi) is 5.49. The van der Waals surface area contributed by atoms with Crippen molar-refractivity contribution in [2.24, 2.45) is 5.73 Å². The molecule has 1 aromatic rings. The Labute approximate surface area is 129 Å². The van der Waals surface area contributed by atoms with Crippen molar-refractivity contribution in [3.63, 3.8) is 0 Å². The summed E-state index contributed by atoms with van der Waals surface area (Å²) in [5.74, 6) is -0.609. The van der Waals surface area contributed by atoms with Crippen molar-refractivity contribution in [2.75, 3.05) is 26.7 Å². The molecule has 1 heterocycles. The molecular weight excluding hydrogens is 285 g/mol. The quantitative estimate of drug-likeness (QED) is 0.874. The Morgan fingerprint density at radius 2 is 1.95 bits per heavy atom. The summed E-state index contributed by atoms with van der Waals surface area (Å²) < 4.78 is 12.8. The Hall–Kier alpha value is -1.95. The number of aryl methyl sites for hydroxylation is 1. The van der Waals surface area contributed by atoms with Gasteiger partial charge in [-0.2, -0.15) is 0 Å². The third-order valence-corrected chi connectivity index (χ3v) is 4.10. The molecule has 6 heteroatoms. The van der Waals surface area contributed by atoms with Gasteiger partial charge in [-0.1, -0.05) is 12.1 Å². The van der Waals surface area contributed by atoms with Crippen LogP contribution in [0.15, 0.2) is 24.3 Å². The molecule has 1 aromatic carbocycles. The number of nitrogens with two attached hydrogens (primary N) is 1. The SMILES string of the molecule is CN1CCN(C(=O)CCCc2ccc(F)cc2)CC1C(N)=O. The van der Waals surface area contributed by atoms with Crippen molar-refractivity contribution < 1.29 is 14.0 Å². The fourth-order valence-corrected chi connectivity index (χ4v) is 2.66. The van der Waals surface area contributed by atoms with E-state index in [0.29, 0.717) is 32.5 Å². The number of rotatable bonds is 5. The lowest BCUT2D eigenvalue weighted by atomic mass is 10.1. The number of hydrogen-bond acceptors (Lipinski definition) is 3. The van der Waals surface area contributed by atoms with Gasteiger partial charge >= 0.3 is 0 Å². The third-order valence-electron chi connectivity index (χ3n) is 4.10. The molecule has 0 spiro atoms. The number of piperazine rings is 1. The highest BCUT2D eigenvalue weighted by Crippen LogP contribution is 2.12. The van der Waals surface area contributed by atoms with Gasteiger partial charge in [0, 0.05) is 26.1 Å². The molecule has 120 valence electrons. The summed E-state index contributed by atoms with van der Waals surface area (Å²) in [5.41, 5.74) is 6.38. The fourth-order valence-electron chi connectivity index (χ4n) is 2.66. The molecule has 1 unspecified atom stereocenters. The smallest absolute Gasteiger partial charge is 0.236 e. The van der Waals surface area contributed by atoms with Crippen molar-refractivity contribution in [3.05, 3.63) is 35.6 Å². The van der Waals surface area contributed by atoms with Crippen molar-refractivity contribution in [1.82, 2.24) is 9.80 Å². The lowest BCUT2D eigenvalue weighted by molar-refractivity contribution is -0.136. The van der Waals surface area contributed by atoms with Crippen LogP contribution in [-0.2, 0) is 16.0 Å². The van der Waals surface area contributed by atoms with Crippen LogP contribution in [-0.4, -0.2) is 54.3 Å². The molecule has 5 nitrogen and oxygen atoms in total. The van der Waals surface area contributed by atoms with Crippen molar-refractivity contribution in [1.29, 1.82) is 0 Å². The number of amides is 2. The van der Waals surface area contributed by atoms with Gasteiger partial charge in [0.2, 0.25) is 11.8 Å². The van der Waals surface area contributed by atoms with E-state index in [4.69, 9.17) is 5.73 Å². The van der Waals surface area contributed by atoms with Crippen LogP contribution in [0.2, 0.25) is 0 Å². The highest BCUT2D eigenvalue weighted by molar-refractivity contribution is 5.82. The zero-order valence-corrected chi connectivity index (χ0v) is 12.8. The first-order valence-electron chi connectivity index (χ1n) is 7.49. The Morgan fingerprint density at radius 3 is 2.59 bits per heavy atom. The van der Waals surface area contributed by atoms with Gasteiger partial charge in [0.15, 0.2) is 0 Å². The molecule has 2 amide bonds. The summed E-state index contributed by atoms with van der Waals surface area (Å²) in [6.07, 6.45) is 1.86. The molecule has 1 atom stereocenters. The number of carbonyl (C=O) groups excluding carboxylic acids is 2. The number of benzene rings is 1. The molecule has 1 fully saturated rings. The summed E-state index contributed by atoms with van der Waals surface area (Å²) in [4.78, 5) is 27.2. The lowest BCUT2D eigenvalue weighted by Crippen LogP contribution is -2.57. The molecule has 0 aliphatic carbocycles. The standard InChI is InChI=1S/C16H22FN3O2/c1-19-9-10-20(11-14(19)16(18)22)15(21)4-2-3-12-5-7-13(17)8-6-12/h5-8,14H,2-4,9-11H2,1H3,(H2,18,22). The van der Waals surface area contributed by atoms with Gasteiger partial charge in [-0.15, -0.1) is 0 Å². The van der Waals surface area contributed by atoms with Crippen LogP contribution in [0.25, 0.3) is 0 Å². The van der Waals surface area contributed by atoms with Crippen molar-refractivity contribution >= 4 is 11.8 Å². The van der Waals surface area contributed by atoms with Crippen LogP contribution in [0.5, 0.6) is 0 Å². The van der Waals surface area contributed by atoms with Crippen LogP contribution in [0.1, 0.15) is 18.4 Å². The summed E-state index contributed by atoms with van der Waals surface area (Å²) in [6.45, 7) is 1.63. The molecule has 22 heavy (non-hydrogen) atoms. The minimum atomic E-state index is -0.408. The number of carbonyl (C=O) groups is 2. The average molecular weight is 307 g/mol. The Balaban J connectivity index is 1.79. The first-order valence-corrected chi connectivity index (χ1v) is 7.49. The Bertz CT molecular complexity index is 533. The second kappa shape index (κ2) is 7.35. The van der Waals surface area contributed by atoms with Gasteiger partial charge in [0.1, 0.15) is 11.9 Å². The van der Waals surface area contributed by atoms with Crippen LogP contribution in [0, 0.1) is 5.82 Å². The molecular formula is C16H22FN3O2. The lowest BCUT2D eigenvalue weighted by Gasteiger charge is -2.37. The summed E-state index contributed by atoms with van der Waals surface area (Å²) >= 11 is 0. The van der Waals surface area contributed by atoms with Gasteiger partial charge in [-0.3, -0.25) is 14.5 Å². The first kappa shape index (κ1) is 16.4. The molecule has 0 bridgehead atoms. The predicted octanol–water partition coefficient (Wildman–Crippen LogP) is 0.776. The molecule has 2 rings (SSSR count). The normalized spacial score (nSPS) is 19.2. The maximum absolute atomic E-state index is 12.8. The van der Waals surface area contributed by atoms with E-state index in [2.05, 4.69) is 0 Å². The second-order valence-electron chi connectivity index (χ2n) is 5.72. The van der Waals surface area contributed by atoms with E-state index in [9.17, 15) is 14.0 Å². The van der Waals surface area contributed by atoms with E-state index in [-0.39, 0.29) is 11.7 Å². The van der Waals surface area contributed by atoms with Crippen molar-refractivity contribution in [2.45, 2.75) is 25.3 Å². The van der Waals surface area contributed by atoms with E-state index < -0.39 is 11.9 Å². The third kappa shape index (κ3) is 4.27. The Morgan fingerprint density at radius 1 is 1.27 bits per heavy atom. The summed E-state index contributed by atoms with van der Waals surface area (Å²) in [7, 11) is 1.84. The monoisotopic (exact) mass is 307 g/mol. The van der Waals surface area contributed by atoms with E-state index in [1.54, 1.807) is 17.0 Å². The average Bonchev–Trinajstić information content (AvgIpc) is 2.49. The molecule has 1 aliphatic heterocycles. The van der Waals surface area contributed by atoms with Crippen LogP contribution in [0.3, 0.4) is 0 Å². The zero-order chi connectivity index (χ0) is 16.1. The zero-order valence-electron chi connectivity index (χ0n) is 12.8. The minimum Gasteiger partial charge on any atom is -0.368 e. The number of likely N-dealkylation sites (N-methyl/N-ethyl adjacent to an activating group) is 1. The number of primary amides is 1. The summed E-state index contributed by atoms with van der Waals surface area (Å²) in [5, 5.41) is 0. The van der Waals surface area contributed by atoms with E-state index in [1.807, 2.05) is 11.9 Å². The maximum Gasteiger partial charge on any atom is 0.236 e. The molecule has 0 radical (unpaired) electrons. The summed E-state index contributed by atoms with van der Waals surface area (Å²) in [6, 6.07) is 5.91.